The monoisotopic (exact) mass is 332 g/mol. The molecule has 0 aromatic heterocycles. The summed E-state index contributed by atoms with van der Waals surface area (Å²) in [6.45, 7) is 4.73. The number of hydrogen-bond acceptors (Lipinski definition) is 2. The quantitative estimate of drug-likeness (QED) is 0.736. The first-order valence-corrected chi connectivity index (χ1v) is 7.44. The summed E-state index contributed by atoms with van der Waals surface area (Å²) in [6.07, 6.45) is 0.970. The largest absolute Gasteiger partial charge is 0.494 e. The summed E-state index contributed by atoms with van der Waals surface area (Å²) in [5.41, 5.74) is 2.43. The summed E-state index contributed by atoms with van der Waals surface area (Å²) in [4.78, 5) is 12.4. The van der Waals surface area contributed by atoms with E-state index in [9.17, 15) is 4.79 Å². The lowest BCUT2D eigenvalue weighted by atomic mass is 10.0. The lowest BCUT2D eigenvalue weighted by Gasteiger charge is -2.06. The molecule has 0 N–H and O–H groups in total. The van der Waals surface area contributed by atoms with Crippen molar-refractivity contribution in [2.24, 2.45) is 0 Å². The van der Waals surface area contributed by atoms with E-state index in [2.05, 4.69) is 22.9 Å². The SMILES string of the molecule is CCCOc1ccc(C(=O)c2cc(C)cc(Br)c2)cc1. The molecule has 0 aliphatic rings. The standard InChI is InChI=1S/C17H17BrO2/c1-3-8-20-16-6-4-13(5-7-16)17(19)14-9-12(2)10-15(18)11-14/h4-7,9-11H,3,8H2,1-2H3. The van der Waals surface area contributed by atoms with Crippen molar-refractivity contribution in [1.82, 2.24) is 0 Å². The summed E-state index contributed by atoms with van der Waals surface area (Å²) in [6, 6.07) is 13.0. The van der Waals surface area contributed by atoms with Gasteiger partial charge in [-0.25, -0.2) is 0 Å². The van der Waals surface area contributed by atoms with Crippen LogP contribution in [0, 0.1) is 6.92 Å². The third kappa shape index (κ3) is 3.70. The number of hydrogen-bond donors (Lipinski definition) is 0. The van der Waals surface area contributed by atoms with Crippen molar-refractivity contribution in [1.29, 1.82) is 0 Å². The van der Waals surface area contributed by atoms with Crippen LogP contribution in [0.4, 0.5) is 0 Å². The van der Waals surface area contributed by atoms with Crippen molar-refractivity contribution in [3.8, 4) is 5.75 Å². The van der Waals surface area contributed by atoms with Gasteiger partial charge in [0.15, 0.2) is 5.78 Å². The lowest BCUT2D eigenvalue weighted by molar-refractivity contribution is 0.103. The Labute approximate surface area is 127 Å². The molecule has 0 saturated carbocycles. The molecule has 0 spiro atoms. The van der Waals surface area contributed by atoms with E-state index in [-0.39, 0.29) is 5.78 Å². The summed E-state index contributed by atoms with van der Waals surface area (Å²) in [7, 11) is 0. The molecule has 0 unspecified atom stereocenters. The zero-order chi connectivity index (χ0) is 14.5. The summed E-state index contributed by atoms with van der Waals surface area (Å²) in [5.74, 6) is 0.824. The van der Waals surface area contributed by atoms with Crippen LogP contribution < -0.4 is 4.74 Å². The molecule has 2 aromatic carbocycles. The van der Waals surface area contributed by atoms with Crippen molar-refractivity contribution in [3.05, 3.63) is 63.6 Å². The Balaban J connectivity index is 2.20. The Hall–Kier alpha value is -1.61. The molecule has 0 atom stereocenters. The van der Waals surface area contributed by atoms with E-state index in [1.165, 1.54) is 0 Å². The molecule has 2 aromatic rings. The van der Waals surface area contributed by atoms with E-state index in [0.29, 0.717) is 17.7 Å². The molecule has 0 saturated heterocycles. The van der Waals surface area contributed by atoms with Crippen molar-refractivity contribution >= 4 is 21.7 Å². The number of benzene rings is 2. The van der Waals surface area contributed by atoms with Crippen LogP contribution in [0.3, 0.4) is 0 Å². The van der Waals surface area contributed by atoms with Gasteiger partial charge < -0.3 is 4.74 Å². The van der Waals surface area contributed by atoms with Crippen molar-refractivity contribution in [3.63, 3.8) is 0 Å². The van der Waals surface area contributed by atoms with E-state index >= 15 is 0 Å². The lowest BCUT2D eigenvalue weighted by Crippen LogP contribution is -2.02. The predicted molar refractivity (Wildman–Crippen MR) is 84.5 cm³/mol. The Morgan fingerprint density at radius 3 is 2.40 bits per heavy atom. The fourth-order valence-corrected chi connectivity index (χ4v) is 2.56. The first kappa shape index (κ1) is 14.8. The molecule has 3 heteroatoms. The Morgan fingerprint density at radius 2 is 1.80 bits per heavy atom. The van der Waals surface area contributed by atoms with Gasteiger partial charge in [0.05, 0.1) is 6.61 Å². The molecule has 0 fully saturated rings. The van der Waals surface area contributed by atoms with Gasteiger partial charge in [-0.15, -0.1) is 0 Å². The highest BCUT2D eigenvalue weighted by Gasteiger charge is 2.10. The third-order valence-electron chi connectivity index (χ3n) is 2.89. The average Bonchev–Trinajstić information content (AvgIpc) is 2.44. The number of ketones is 1. The smallest absolute Gasteiger partial charge is 0.193 e. The Kier molecular flexibility index (Phi) is 4.96. The van der Waals surface area contributed by atoms with Crippen LogP contribution in [0.25, 0.3) is 0 Å². The van der Waals surface area contributed by atoms with Gasteiger partial charge in [0.2, 0.25) is 0 Å². The van der Waals surface area contributed by atoms with Crippen LogP contribution in [0.1, 0.15) is 34.8 Å². The zero-order valence-electron chi connectivity index (χ0n) is 11.7. The number of ether oxygens (including phenoxy) is 1. The molecule has 0 heterocycles. The maximum absolute atomic E-state index is 12.4. The third-order valence-corrected chi connectivity index (χ3v) is 3.35. The highest BCUT2D eigenvalue weighted by atomic mass is 79.9. The van der Waals surface area contributed by atoms with Crippen molar-refractivity contribution in [2.45, 2.75) is 20.3 Å². The van der Waals surface area contributed by atoms with Gasteiger partial charge >= 0.3 is 0 Å². The fraction of sp³-hybridized carbons (Fsp3) is 0.235. The second-order valence-corrected chi connectivity index (χ2v) is 5.63. The van der Waals surface area contributed by atoms with E-state index in [0.717, 1.165) is 22.2 Å². The highest BCUT2D eigenvalue weighted by molar-refractivity contribution is 9.10. The average molecular weight is 333 g/mol. The van der Waals surface area contributed by atoms with Crippen LogP contribution in [0.5, 0.6) is 5.75 Å². The second kappa shape index (κ2) is 6.71. The number of halogens is 1. The first-order chi connectivity index (χ1) is 9.60. The van der Waals surface area contributed by atoms with Crippen LogP contribution in [-0.4, -0.2) is 12.4 Å². The van der Waals surface area contributed by atoms with Gasteiger partial charge in [0.25, 0.3) is 0 Å². The highest BCUT2D eigenvalue weighted by Crippen LogP contribution is 2.20. The normalized spacial score (nSPS) is 10.3. The van der Waals surface area contributed by atoms with Gasteiger partial charge in [-0.05, 0) is 61.4 Å². The fourth-order valence-electron chi connectivity index (χ4n) is 1.96. The topological polar surface area (TPSA) is 26.3 Å². The number of aryl methyl sites for hydroxylation is 1. The van der Waals surface area contributed by atoms with Crippen molar-refractivity contribution < 1.29 is 9.53 Å². The second-order valence-electron chi connectivity index (χ2n) is 4.72. The summed E-state index contributed by atoms with van der Waals surface area (Å²) >= 11 is 3.42. The molecule has 0 aliphatic heterocycles. The van der Waals surface area contributed by atoms with Crippen LogP contribution in [-0.2, 0) is 0 Å². The van der Waals surface area contributed by atoms with Gasteiger partial charge in [-0.1, -0.05) is 22.9 Å². The van der Waals surface area contributed by atoms with E-state index < -0.39 is 0 Å². The molecule has 0 bridgehead atoms. The molecular formula is C17H17BrO2. The molecule has 20 heavy (non-hydrogen) atoms. The van der Waals surface area contributed by atoms with Gasteiger partial charge in [0, 0.05) is 15.6 Å². The summed E-state index contributed by atoms with van der Waals surface area (Å²) < 4.78 is 6.44. The van der Waals surface area contributed by atoms with E-state index in [1.807, 2.05) is 49.4 Å². The molecule has 2 nitrogen and oxygen atoms in total. The number of rotatable bonds is 5. The van der Waals surface area contributed by atoms with Gasteiger partial charge in [-0.2, -0.15) is 0 Å². The zero-order valence-corrected chi connectivity index (χ0v) is 13.2. The minimum Gasteiger partial charge on any atom is -0.494 e. The van der Waals surface area contributed by atoms with Crippen molar-refractivity contribution in [2.75, 3.05) is 6.61 Å². The number of carbonyl (C=O) groups excluding carboxylic acids is 1. The molecule has 0 amide bonds. The van der Waals surface area contributed by atoms with E-state index in [1.54, 1.807) is 0 Å². The van der Waals surface area contributed by atoms with E-state index in [4.69, 9.17) is 4.74 Å². The molecule has 0 aliphatic carbocycles. The molecule has 104 valence electrons. The molecular weight excluding hydrogens is 316 g/mol. The molecule has 2 rings (SSSR count). The van der Waals surface area contributed by atoms with Crippen LogP contribution in [0.15, 0.2) is 46.9 Å². The van der Waals surface area contributed by atoms with Crippen LogP contribution in [0.2, 0.25) is 0 Å². The Bertz CT molecular complexity index is 583. The Morgan fingerprint density at radius 1 is 1.10 bits per heavy atom. The first-order valence-electron chi connectivity index (χ1n) is 6.65. The minimum absolute atomic E-state index is 0.0245. The van der Waals surface area contributed by atoms with Crippen LogP contribution >= 0.6 is 15.9 Å². The number of carbonyl (C=O) groups is 1. The van der Waals surface area contributed by atoms with Gasteiger partial charge in [-0.3, -0.25) is 4.79 Å². The minimum atomic E-state index is 0.0245. The maximum atomic E-state index is 12.4. The maximum Gasteiger partial charge on any atom is 0.193 e. The van der Waals surface area contributed by atoms with Gasteiger partial charge in [0.1, 0.15) is 5.75 Å². The molecule has 0 radical (unpaired) electrons. The summed E-state index contributed by atoms with van der Waals surface area (Å²) in [5, 5.41) is 0. The predicted octanol–water partition coefficient (Wildman–Crippen LogP) is 4.78.